The van der Waals surface area contributed by atoms with Crippen molar-refractivity contribution in [2.75, 3.05) is 0 Å². The Kier molecular flexibility index (Phi) is 3.68. The molecule has 1 aliphatic carbocycles. The lowest BCUT2D eigenvalue weighted by Crippen LogP contribution is -2.12. The minimum absolute atomic E-state index is 0.208. The third kappa shape index (κ3) is 2.85. The summed E-state index contributed by atoms with van der Waals surface area (Å²) in [6, 6.07) is 0. The molecule has 0 aliphatic heterocycles. The van der Waals surface area contributed by atoms with Crippen LogP contribution in [0.1, 0.15) is 75.9 Å². The van der Waals surface area contributed by atoms with Gasteiger partial charge in [0.25, 0.3) is 0 Å². The standard InChI is InChI=1S/C14H23NS/c1-14(2,3)12-10-16-13(15-12)11-8-6-4-5-7-9-11/h10-11H,4-9H2,1-3H3. The molecular weight excluding hydrogens is 214 g/mol. The van der Waals surface area contributed by atoms with Crippen molar-refractivity contribution in [3.05, 3.63) is 16.1 Å². The number of rotatable bonds is 1. The van der Waals surface area contributed by atoms with Crippen molar-refractivity contribution in [3.63, 3.8) is 0 Å². The van der Waals surface area contributed by atoms with E-state index in [0.717, 1.165) is 5.92 Å². The molecule has 0 saturated heterocycles. The SMILES string of the molecule is CC(C)(C)c1csc(C2CCCCCC2)n1. The van der Waals surface area contributed by atoms with Crippen LogP contribution >= 0.6 is 11.3 Å². The summed E-state index contributed by atoms with van der Waals surface area (Å²) < 4.78 is 0. The third-order valence-corrected chi connectivity index (χ3v) is 4.50. The molecule has 0 amide bonds. The van der Waals surface area contributed by atoms with Gasteiger partial charge in [-0.05, 0) is 12.8 Å². The highest BCUT2D eigenvalue weighted by molar-refractivity contribution is 7.09. The first-order valence-corrected chi connectivity index (χ1v) is 7.41. The Labute approximate surface area is 103 Å². The van der Waals surface area contributed by atoms with Crippen molar-refractivity contribution in [1.82, 2.24) is 4.98 Å². The molecule has 0 spiro atoms. The second-order valence-corrected chi connectivity index (χ2v) is 6.90. The average molecular weight is 237 g/mol. The van der Waals surface area contributed by atoms with Crippen molar-refractivity contribution in [1.29, 1.82) is 0 Å². The molecule has 1 aromatic rings. The molecule has 2 rings (SSSR count). The van der Waals surface area contributed by atoms with Gasteiger partial charge in [0.2, 0.25) is 0 Å². The van der Waals surface area contributed by atoms with Gasteiger partial charge in [0, 0.05) is 16.7 Å². The summed E-state index contributed by atoms with van der Waals surface area (Å²) in [6.45, 7) is 6.75. The number of thiazole rings is 1. The summed E-state index contributed by atoms with van der Waals surface area (Å²) >= 11 is 1.88. The van der Waals surface area contributed by atoms with Crippen LogP contribution in [-0.2, 0) is 5.41 Å². The molecule has 0 N–H and O–H groups in total. The Morgan fingerprint density at radius 1 is 1.12 bits per heavy atom. The van der Waals surface area contributed by atoms with Gasteiger partial charge >= 0.3 is 0 Å². The van der Waals surface area contributed by atoms with E-state index in [9.17, 15) is 0 Å². The summed E-state index contributed by atoms with van der Waals surface area (Å²) in [7, 11) is 0. The van der Waals surface area contributed by atoms with Gasteiger partial charge in [-0.2, -0.15) is 0 Å². The van der Waals surface area contributed by atoms with Crippen LogP contribution in [0.4, 0.5) is 0 Å². The fourth-order valence-corrected chi connectivity index (χ4v) is 3.56. The van der Waals surface area contributed by atoms with Gasteiger partial charge in [0.05, 0.1) is 10.7 Å². The molecule has 1 heterocycles. The maximum Gasteiger partial charge on any atom is 0.0959 e. The molecule has 1 aromatic heterocycles. The molecule has 16 heavy (non-hydrogen) atoms. The van der Waals surface area contributed by atoms with Crippen molar-refractivity contribution in [2.45, 2.75) is 70.6 Å². The topological polar surface area (TPSA) is 12.9 Å². The Bertz CT molecular complexity index is 327. The first kappa shape index (κ1) is 12.1. The first-order chi connectivity index (χ1) is 7.57. The van der Waals surface area contributed by atoms with E-state index < -0.39 is 0 Å². The van der Waals surface area contributed by atoms with Gasteiger partial charge in [-0.3, -0.25) is 0 Å². The average Bonchev–Trinajstić information content (AvgIpc) is 2.55. The predicted molar refractivity (Wildman–Crippen MR) is 71.3 cm³/mol. The lowest BCUT2D eigenvalue weighted by Gasteiger charge is -2.15. The van der Waals surface area contributed by atoms with Crippen LogP contribution in [0.15, 0.2) is 5.38 Å². The van der Waals surface area contributed by atoms with Crippen molar-refractivity contribution >= 4 is 11.3 Å². The molecule has 1 nitrogen and oxygen atoms in total. The highest BCUT2D eigenvalue weighted by Gasteiger charge is 2.21. The highest BCUT2D eigenvalue weighted by atomic mass is 32.1. The summed E-state index contributed by atoms with van der Waals surface area (Å²) in [5.74, 6) is 0.753. The minimum atomic E-state index is 0.208. The number of nitrogens with zero attached hydrogens (tertiary/aromatic N) is 1. The predicted octanol–water partition coefficient (Wildman–Crippen LogP) is 4.88. The van der Waals surface area contributed by atoms with Gasteiger partial charge in [-0.1, -0.05) is 46.5 Å². The summed E-state index contributed by atoms with van der Waals surface area (Å²) in [4.78, 5) is 4.87. The molecule has 0 radical (unpaired) electrons. The molecular formula is C14H23NS. The van der Waals surface area contributed by atoms with Crippen LogP contribution in [0.25, 0.3) is 0 Å². The van der Waals surface area contributed by atoms with Crippen LogP contribution < -0.4 is 0 Å². The van der Waals surface area contributed by atoms with E-state index in [-0.39, 0.29) is 5.41 Å². The zero-order valence-electron chi connectivity index (χ0n) is 10.8. The molecule has 0 unspecified atom stereocenters. The molecule has 1 aliphatic rings. The minimum Gasteiger partial charge on any atom is -0.245 e. The van der Waals surface area contributed by atoms with E-state index in [2.05, 4.69) is 26.2 Å². The quantitative estimate of drug-likeness (QED) is 0.634. The lowest BCUT2D eigenvalue weighted by atomic mass is 9.93. The van der Waals surface area contributed by atoms with E-state index in [1.807, 2.05) is 11.3 Å². The molecule has 1 saturated carbocycles. The molecule has 0 bridgehead atoms. The second-order valence-electron chi connectivity index (χ2n) is 6.01. The molecule has 0 aromatic carbocycles. The molecule has 2 heteroatoms. The Morgan fingerprint density at radius 2 is 1.75 bits per heavy atom. The van der Waals surface area contributed by atoms with Gasteiger partial charge in [-0.25, -0.2) is 4.98 Å². The lowest BCUT2D eigenvalue weighted by molar-refractivity contribution is 0.553. The number of aromatic nitrogens is 1. The zero-order chi connectivity index (χ0) is 11.6. The normalized spacial score (nSPS) is 19.7. The molecule has 90 valence electrons. The molecule has 1 fully saturated rings. The maximum absolute atomic E-state index is 4.87. The van der Waals surface area contributed by atoms with Crippen LogP contribution in [0.2, 0.25) is 0 Å². The van der Waals surface area contributed by atoms with Crippen LogP contribution in [-0.4, -0.2) is 4.98 Å². The Morgan fingerprint density at radius 3 is 2.25 bits per heavy atom. The van der Waals surface area contributed by atoms with Crippen molar-refractivity contribution in [3.8, 4) is 0 Å². The monoisotopic (exact) mass is 237 g/mol. The third-order valence-electron chi connectivity index (χ3n) is 3.49. The van der Waals surface area contributed by atoms with E-state index in [4.69, 9.17) is 4.98 Å². The highest BCUT2D eigenvalue weighted by Crippen LogP contribution is 2.35. The Balaban J connectivity index is 2.11. The fourth-order valence-electron chi connectivity index (χ4n) is 2.35. The van der Waals surface area contributed by atoms with Crippen molar-refractivity contribution in [2.24, 2.45) is 0 Å². The maximum atomic E-state index is 4.87. The van der Waals surface area contributed by atoms with Crippen LogP contribution in [0.5, 0.6) is 0 Å². The summed E-state index contributed by atoms with van der Waals surface area (Å²) in [5.41, 5.74) is 1.48. The summed E-state index contributed by atoms with van der Waals surface area (Å²) in [5, 5.41) is 3.66. The number of hydrogen-bond donors (Lipinski definition) is 0. The van der Waals surface area contributed by atoms with Crippen molar-refractivity contribution < 1.29 is 0 Å². The molecule has 0 atom stereocenters. The smallest absolute Gasteiger partial charge is 0.0959 e. The Hall–Kier alpha value is -0.370. The second kappa shape index (κ2) is 4.87. The van der Waals surface area contributed by atoms with E-state index in [0.29, 0.717) is 0 Å². The summed E-state index contributed by atoms with van der Waals surface area (Å²) in [6.07, 6.45) is 8.36. The zero-order valence-corrected chi connectivity index (χ0v) is 11.6. The van der Waals surface area contributed by atoms with Crippen LogP contribution in [0, 0.1) is 0 Å². The van der Waals surface area contributed by atoms with Crippen LogP contribution in [0.3, 0.4) is 0 Å². The van der Waals surface area contributed by atoms with E-state index >= 15 is 0 Å². The van der Waals surface area contributed by atoms with Gasteiger partial charge in [0.15, 0.2) is 0 Å². The number of hydrogen-bond acceptors (Lipinski definition) is 2. The van der Waals surface area contributed by atoms with Gasteiger partial charge < -0.3 is 0 Å². The van der Waals surface area contributed by atoms with E-state index in [1.54, 1.807) is 0 Å². The largest absolute Gasteiger partial charge is 0.245 e. The van der Waals surface area contributed by atoms with Gasteiger partial charge in [0.1, 0.15) is 0 Å². The first-order valence-electron chi connectivity index (χ1n) is 6.53. The van der Waals surface area contributed by atoms with Gasteiger partial charge in [-0.15, -0.1) is 11.3 Å². The van der Waals surface area contributed by atoms with E-state index in [1.165, 1.54) is 49.2 Å². The fraction of sp³-hybridized carbons (Fsp3) is 0.786.